The van der Waals surface area contributed by atoms with Crippen LogP contribution in [0.3, 0.4) is 0 Å². The van der Waals surface area contributed by atoms with Gasteiger partial charge in [-0.25, -0.2) is 0 Å². The summed E-state index contributed by atoms with van der Waals surface area (Å²) in [5, 5.41) is 3.29. The predicted molar refractivity (Wildman–Crippen MR) is 76.8 cm³/mol. The summed E-state index contributed by atoms with van der Waals surface area (Å²) in [5.41, 5.74) is 2.46. The fourth-order valence-corrected chi connectivity index (χ4v) is 3.04. The van der Waals surface area contributed by atoms with Crippen molar-refractivity contribution >= 4 is 17.7 Å². The molecule has 1 amide bonds. The molecule has 1 fully saturated rings. The zero-order valence-corrected chi connectivity index (χ0v) is 11.8. The van der Waals surface area contributed by atoms with Crippen molar-refractivity contribution in [3.05, 3.63) is 35.4 Å². The zero-order valence-electron chi connectivity index (χ0n) is 11.0. The Kier molecular flexibility index (Phi) is 4.66. The van der Waals surface area contributed by atoms with Crippen LogP contribution in [0.5, 0.6) is 0 Å². The van der Waals surface area contributed by atoms with E-state index in [2.05, 4.69) is 24.4 Å². The van der Waals surface area contributed by atoms with Crippen molar-refractivity contribution in [1.82, 2.24) is 10.2 Å². The molecule has 1 aromatic carbocycles. The second-order valence-corrected chi connectivity index (χ2v) is 5.85. The molecule has 18 heavy (non-hydrogen) atoms. The molecule has 0 aromatic heterocycles. The molecule has 0 aliphatic carbocycles. The number of hydrogen-bond donors (Lipinski definition) is 1. The standard InChI is InChI=1S/C14H20N2OS/c1-11-5-3-4-6-12(11)9-16(2)14(17)13-10-18-8-7-15-13/h3-6,13,15H,7-10H2,1-2H3. The summed E-state index contributed by atoms with van der Waals surface area (Å²) in [4.78, 5) is 14.1. The molecule has 1 N–H and O–H groups in total. The number of likely N-dealkylation sites (N-methyl/N-ethyl adjacent to an activating group) is 1. The van der Waals surface area contributed by atoms with Gasteiger partial charge in [0.25, 0.3) is 0 Å². The Morgan fingerprint density at radius 1 is 1.50 bits per heavy atom. The molecule has 1 saturated heterocycles. The van der Waals surface area contributed by atoms with E-state index in [4.69, 9.17) is 0 Å². The highest BCUT2D eigenvalue weighted by Gasteiger charge is 2.24. The second-order valence-electron chi connectivity index (χ2n) is 4.70. The molecule has 0 bridgehead atoms. The lowest BCUT2D eigenvalue weighted by Crippen LogP contribution is -2.49. The highest BCUT2D eigenvalue weighted by molar-refractivity contribution is 7.99. The van der Waals surface area contributed by atoms with E-state index in [1.165, 1.54) is 11.1 Å². The number of hydrogen-bond acceptors (Lipinski definition) is 3. The highest BCUT2D eigenvalue weighted by Crippen LogP contribution is 2.13. The molecule has 98 valence electrons. The molecule has 3 nitrogen and oxygen atoms in total. The summed E-state index contributed by atoms with van der Waals surface area (Å²) in [7, 11) is 1.88. The van der Waals surface area contributed by atoms with Crippen LogP contribution in [0.1, 0.15) is 11.1 Å². The Morgan fingerprint density at radius 3 is 2.94 bits per heavy atom. The van der Waals surface area contributed by atoms with Crippen LogP contribution in [0.2, 0.25) is 0 Å². The molecule has 1 aliphatic rings. The number of carbonyl (C=O) groups is 1. The van der Waals surface area contributed by atoms with Gasteiger partial charge in [-0.3, -0.25) is 4.79 Å². The third-order valence-electron chi connectivity index (χ3n) is 3.26. The Labute approximate surface area is 113 Å². The maximum atomic E-state index is 12.3. The molecule has 1 unspecified atom stereocenters. The van der Waals surface area contributed by atoms with Crippen molar-refractivity contribution in [1.29, 1.82) is 0 Å². The number of rotatable bonds is 3. The maximum absolute atomic E-state index is 12.3. The number of thioether (sulfide) groups is 1. The van der Waals surface area contributed by atoms with Crippen molar-refractivity contribution in [3.8, 4) is 0 Å². The fraction of sp³-hybridized carbons (Fsp3) is 0.500. The number of nitrogens with one attached hydrogen (secondary N) is 1. The molecule has 0 saturated carbocycles. The Morgan fingerprint density at radius 2 is 2.28 bits per heavy atom. The van der Waals surface area contributed by atoms with E-state index in [1.54, 1.807) is 0 Å². The second kappa shape index (κ2) is 6.25. The fourth-order valence-electron chi connectivity index (χ4n) is 2.11. The molecule has 1 heterocycles. The van der Waals surface area contributed by atoms with Gasteiger partial charge in [-0.1, -0.05) is 24.3 Å². The van der Waals surface area contributed by atoms with Gasteiger partial charge in [-0.15, -0.1) is 0 Å². The first-order chi connectivity index (χ1) is 8.68. The van der Waals surface area contributed by atoms with Crippen molar-refractivity contribution in [2.45, 2.75) is 19.5 Å². The average molecular weight is 264 g/mol. The van der Waals surface area contributed by atoms with Crippen LogP contribution in [-0.2, 0) is 11.3 Å². The summed E-state index contributed by atoms with van der Waals surface area (Å²) in [6, 6.07) is 8.21. The quantitative estimate of drug-likeness (QED) is 0.901. The Hall–Kier alpha value is -1.000. The predicted octanol–water partition coefficient (Wildman–Crippen LogP) is 1.66. The van der Waals surface area contributed by atoms with Crippen molar-refractivity contribution < 1.29 is 4.79 Å². The van der Waals surface area contributed by atoms with Gasteiger partial charge < -0.3 is 10.2 Å². The first-order valence-corrected chi connectivity index (χ1v) is 7.44. The third-order valence-corrected chi connectivity index (χ3v) is 4.33. The van der Waals surface area contributed by atoms with Crippen LogP contribution in [0, 0.1) is 6.92 Å². The van der Waals surface area contributed by atoms with E-state index in [0.717, 1.165) is 18.1 Å². The SMILES string of the molecule is Cc1ccccc1CN(C)C(=O)C1CSCCN1. The molecule has 0 radical (unpaired) electrons. The Bertz CT molecular complexity index is 416. The minimum absolute atomic E-state index is 0.0160. The summed E-state index contributed by atoms with van der Waals surface area (Å²) < 4.78 is 0. The van der Waals surface area contributed by atoms with E-state index in [1.807, 2.05) is 35.8 Å². The first-order valence-electron chi connectivity index (χ1n) is 6.29. The number of nitrogens with zero attached hydrogens (tertiary/aromatic N) is 1. The molecule has 1 aliphatic heterocycles. The monoisotopic (exact) mass is 264 g/mol. The molecule has 0 spiro atoms. The summed E-state index contributed by atoms with van der Waals surface area (Å²) in [6.07, 6.45) is 0. The summed E-state index contributed by atoms with van der Waals surface area (Å²) in [6.45, 7) is 3.70. The van der Waals surface area contributed by atoms with Crippen LogP contribution in [0.4, 0.5) is 0 Å². The maximum Gasteiger partial charge on any atom is 0.240 e. The molecular formula is C14H20N2OS. The average Bonchev–Trinajstić information content (AvgIpc) is 2.41. The number of amides is 1. The van der Waals surface area contributed by atoms with Gasteiger partial charge in [0.05, 0.1) is 6.04 Å². The number of benzene rings is 1. The molecule has 2 rings (SSSR count). The topological polar surface area (TPSA) is 32.3 Å². The third kappa shape index (κ3) is 3.27. The largest absolute Gasteiger partial charge is 0.340 e. The normalized spacial score (nSPS) is 19.6. The Balaban J connectivity index is 1.96. The van der Waals surface area contributed by atoms with E-state index >= 15 is 0 Å². The van der Waals surface area contributed by atoms with Crippen LogP contribution in [0.15, 0.2) is 24.3 Å². The van der Waals surface area contributed by atoms with E-state index in [0.29, 0.717) is 6.54 Å². The van der Waals surface area contributed by atoms with Crippen molar-refractivity contribution in [2.75, 3.05) is 25.1 Å². The molecular weight excluding hydrogens is 244 g/mol. The lowest BCUT2D eigenvalue weighted by molar-refractivity contribution is -0.132. The van der Waals surface area contributed by atoms with Gasteiger partial charge in [0, 0.05) is 31.6 Å². The highest BCUT2D eigenvalue weighted by atomic mass is 32.2. The van der Waals surface area contributed by atoms with Crippen LogP contribution in [-0.4, -0.2) is 41.9 Å². The zero-order chi connectivity index (χ0) is 13.0. The minimum atomic E-state index is -0.0160. The first kappa shape index (κ1) is 13.4. The lowest BCUT2D eigenvalue weighted by atomic mass is 10.1. The minimum Gasteiger partial charge on any atom is -0.340 e. The van der Waals surface area contributed by atoms with E-state index in [-0.39, 0.29) is 11.9 Å². The van der Waals surface area contributed by atoms with E-state index < -0.39 is 0 Å². The summed E-state index contributed by atoms with van der Waals surface area (Å²) in [5.74, 6) is 2.19. The van der Waals surface area contributed by atoms with Gasteiger partial charge in [-0.2, -0.15) is 11.8 Å². The van der Waals surface area contributed by atoms with Gasteiger partial charge in [0.2, 0.25) is 5.91 Å². The van der Waals surface area contributed by atoms with Crippen LogP contribution in [0.25, 0.3) is 0 Å². The molecule has 1 atom stereocenters. The lowest BCUT2D eigenvalue weighted by Gasteiger charge is -2.27. The number of carbonyl (C=O) groups excluding carboxylic acids is 1. The van der Waals surface area contributed by atoms with Gasteiger partial charge in [0.1, 0.15) is 0 Å². The van der Waals surface area contributed by atoms with Crippen LogP contribution < -0.4 is 5.32 Å². The van der Waals surface area contributed by atoms with E-state index in [9.17, 15) is 4.79 Å². The number of aryl methyl sites for hydroxylation is 1. The van der Waals surface area contributed by atoms with Crippen molar-refractivity contribution in [2.24, 2.45) is 0 Å². The smallest absolute Gasteiger partial charge is 0.240 e. The van der Waals surface area contributed by atoms with Gasteiger partial charge in [0.15, 0.2) is 0 Å². The molecule has 1 aromatic rings. The molecule has 4 heteroatoms. The summed E-state index contributed by atoms with van der Waals surface area (Å²) >= 11 is 1.85. The van der Waals surface area contributed by atoms with Crippen molar-refractivity contribution in [3.63, 3.8) is 0 Å². The van der Waals surface area contributed by atoms with Gasteiger partial charge >= 0.3 is 0 Å². The van der Waals surface area contributed by atoms with Gasteiger partial charge in [-0.05, 0) is 18.1 Å². The van der Waals surface area contributed by atoms with Crippen LogP contribution >= 0.6 is 11.8 Å².